The van der Waals surface area contributed by atoms with Crippen molar-refractivity contribution in [3.8, 4) is 11.3 Å². The topological polar surface area (TPSA) is 93.0 Å². The average Bonchev–Trinajstić information content (AvgIpc) is 3.26. The number of amides is 1. The third-order valence-corrected chi connectivity index (χ3v) is 4.88. The normalized spacial score (nSPS) is 13.5. The lowest BCUT2D eigenvalue weighted by molar-refractivity contribution is -0.116. The summed E-state index contributed by atoms with van der Waals surface area (Å²) in [5, 5.41) is 11.5. The highest BCUT2D eigenvalue weighted by Crippen LogP contribution is 2.22. The van der Waals surface area contributed by atoms with E-state index >= 15 is 0 Å². The molecule has 1 N–H and O–H groups in total. The van der Waals surface area contributed by atoms with Crippen molar-refractivity contribution in [1.29, 1.82) is 0 Å². The van der Waals surface area contributed by atoms with Crippen LogP contribution in [0.4, 0.5) is 11.5 Å². The highest BCUT2D eigenvalue weighted by Gasteiger charge is 2.14. The van der Waals surface area contributed by atoms with Crippen molar-refractivity contribution in [1.82, 2.24) is 19.7 Å². The van der Waals surface area contributed by atoms with Gasteiger partial charge in [0.25, 0.3) is 5.56 Å². The van der Waals surface area contributed by atoms with Crippen LogP contribution < -0.4 is 15.8 Å². The zero-order valence-electron chi connectivity index (χ0n) is 16.2. The van der Waals surface area contributed by atoms with Crippen molar-refractivity contribution in [2.45, 2.75) is 26.3 Å². The maximum Gasteiger partial charge on any atom is 0.253 e. The van der Waals surface area contributed by atoms with Crippen molar-refractivity contribution in [3.63, 3.8) is 0 Å². The number of hydrogen-bond acceptors (Lipinski definition) is 6. The first-order valence-electron chi connectivity index (χ1n) is 9.60. The minimum atomic E-state index is -0.291. The van der Waals surface area contributed by atoms with E-state index in [1.54, 1.807) is 19.1 Å². The monoisotopic (exact) mass is 390 g/mol. The third-order valence-electron chi connectivity index (χ3n) is 4.88. The number of aromatic nitrogens is 4. The summed E-state index contributed by atoms with van der Waals surface area (Å²) < 4.78 is 1.27. The molecule has 1 fully saturated rings. The van der Waals surface area contributed by atoms with Crippen LogP contribution in [0.15, 0.2) is 53.6 Å². The maximum atomic E-state index is 12.2. The molecule has 0 radical (unpaired) electrons. The van der Waals surface area contributed by atoms with E-state index < -0.39 is 0 Å². The number of carbonyl (C=O) groups excluding carboxylic acids is 1. The van der Waals surface area contributed by atoms with Gasteiger partial charge in [0, 0.05) is 36.1 Å². The summed E-state index contributed by atoms with van der Waals surface area (Å²) in [7, 11) is 0. The van der Waals surface area contributed by atoms with Crippen molar-refractivity contribution in [2.24, 2.45) is 0 Å². The fourth-order valence-electron chi connectivity index (χ4n) is 3.31. The molecule has 2 aromatic heterocycles. The number of aryl methyl sites for hydroxylation is 1. The average molecular weight is 390 g/mol. The van der Waals surface area contributed by atoms with Gasteiger partial charge in [-0.05, 0) is 44.0 Å². The van der Waals surface area contributed by atoms with E-state index in [2.05, 4.69) is 25.4 Å². The van der Waals surface area contributed by atoms with Gasteiger partial charge in [-0.25, -0.2) is 4.98 Å². The van der Waals surface area contributed by atoms with E-state index in [9.17, 15) is 9.59 Å². The number of benzene rings is 1. The van der Waals surface area contributed by atoms with E-state index in [1.165, 1.54) is 29.8 Å². The molecule has 0 atom stereocenters. The Morgan fingerprint density at radius 3 is 2.48 bits per heavy atom. The van der Waals surface area contributed by atoms with Crippen LogP contribution in [0.5, 0.6) is 0 Å². The molecule has 1 aliphatic heterocycles. The van der Waals surface area contributed by atoms with Crippen LogP contribution in [0.3, 0.4) is 0 Å². The zero-order chi connectivity index (χ0) is 20.2. The Morgan fingerprint density at radius 2 is 1.83 bits per heavy atom. The Morgan fingerprint density at radius 1 is 1.07 bits per heavy atom. The molecule has 1 aromatic carbocycles. The lowest BCUT2D eigenvalue weighted by Gasteiger charge is -2.15. The second-order valence-corrected chi connectivity index (χ2v) is 7.09. The second-order valence-electron chi connectivity index (χ2n) is 7.09. The van der Waals surface area contributed by atoms with Crippen LogP contribution in [0.2, 0.25) is 0 Å². The highest BCUT2D eigenvalue weighted by atomic mass is 16.2. The fraction of sp³-hybridized carbons (Fsp3) is 0.286. The lowest BCUT2D eigenvalue weighted by atomic mass is 10.1. The number of carbonyl (C=O) groups is 1. The van der Waals surface area contributed by atoms with Gasteiger partial charge in [0.05, 0.1) is 12.0 Å². The van der Waals surface area contributed by atoms with Crippen molar-refractivity contribution in [2.75, 3.05) is 23.3 Å². The van der Waals surface area contributed by atoms with Gasteiger partial charge >= 0.3 is 0 Å². The first kappa shape index (κ1) is 18.8. The number of rotatable bonds is 5. The van der Waals surface area contributed by atoms with Gasteiger partial charge in [-0.2, -0.15) is 0 Å². The number of hydrogen-bond donors (Lipinski definition) is 1. The van der Waals surface area contributed by atoms with Crippen LogP contribution in [0.1, 0.15) is 18.5 Å². The van der Waals surface area contributed by atoms with E-state index in [0.717, 1.165) is 30.2 Å². The summed E-state index contributed by atoms with van der Waals surface area (Å²) in [6.45, 7) is 3.72. The van der Waals surface area contributed by atoms with Crippen LogP contribution >= 0.6 is 0 Å². The summed E-state index contributed by atoms with van der Waals surface area (Å²) in [5.74, 6) is 0.622. The minimum absolute atomic E-state index is 0.0860. The van der Waals surface area contributed by atoms with E-state index in [4.69, 9.17) is 0 Å². The van der Waals surface area contributed by atoms with Gasteiger partial charge in [-0.15, -0.1) is 10.2 Å². The van der Waals surface area contributed by atoms with Gasteiger partial charge < -0.3 is 10.2 Å². The molecule has 8 heteroatoms. The molecule has 0 saturated carbocycles. The van der Waals surface area contributed by atoms with Crippen LogP contribution in [-0.2, 0) is 11.3 Å². The Hall–Kier alpha value is -3.55. The van der Waals surface area contributed by atoms with Crippen molar-refractivity contribution in [3.05, 3.63) is 64.8 Å². The SMILES string of the molecule is Cc1cc(=O)n(CC(=O)Nc2ccc(-c3ccc(N4CCCC4)nn3)cc2)cn1. The Kier molecular flexibility index (Phi) is 5.33. The predicted molar refractivity (Wildman–Crippen MR) is 111 cm³/mol. The smallest absolute Gasteiger partial charge is 0.253 e. The summed E-state index contributed by atoms with van der Waals surface area (Å²) in [6, 6.07) is 12.7. The second kappa shape index (κ2) is 8.22. The molecule has 0 aliphatic carbocycles. The molecule has 29 heavy (non-hydrogen) atoms. The fourth-order valence-corrected chi connectivity index (χ4v) is 3.31. The molecule has 0 unspecified atom stereocenters. The predicted octanol–water partition coefficient (Wildman–Crippen LogP) is 2.25. The molecule has 1 amide bonds. The quantitative estimate of drug-likeness (QED) is 0.718. The molecule has 148 valence electrons. The number of anilines is 2. The highest BCUT2D eigenvalue weighted by molar-refractivity contribution is 5.90. The number of nitrogens with one attached hydrogen (secondary N) is 1. The molecule has 3 heterocycles. The summed E-state index contributed by atoms with van der Waals surface area (Å²) in [4.78, 5) is 30.4. The van der Waals surface area contributed by atoms with Gasteiger partial charge in [0.2, 0.25) is 5.91 Å². The minimum Gasteiger partial charge on any atom is -0.355 e. The summed E-state index contributed by atoms with van der Waals surface area (Å²) in [6.07, 6.45) is 3.78. The molecule has 1 aliphatic rings. The number of nitrogens with zero attached hydrogens (tertiary/aromatic N) is 5. The van der Waals surface area contributed by atoms with Gasteiger partial charge in [-0.3, -0.25) is 14.2 Å². The summed E-state index contributed by atoms with van der Waals surface area (Å²) >= 11 is 0. The van der Waals surface area contributed by atoms with Gasteiger partial charge in [0.15, 0.2) is 5.82 Å². The molecule has 4 rings (SSSR count). The van der Waals surface area contributed by atoms with E-state index in [0.29, 0.717) is 11.4 Å². The van der Waals surface area contributed by atoms with Crippen molar-refractivity contribution < 1.29 is 4.79 Å². The molecule has 0 spiro atoms. The largest absolute Gasteiger partial charge is 0.355 e. The standard InChI is InChI=1S/C21H22N6O2/c1-15-12-21(29)27(14-22-15)13-20(28)23-17-6-4-16(5-7-17)18-8-9-19(25-24-18)26-10-2-3-11-26/h4-9,12,14H,2-3,10-11,13H2,1H3,(H,23,28). The Balaban J connectivity index is 1.39. The van der Waals surface area contributed by atoms with E-state index in [1.807, 2.05) is 24.3 Å². The van der Waals surface area contributed by atoms with Crippen molar-refractivity contribution >= 4 is 17.4 Å². The molecule has 1 saturated heterocycles. The third kappa shape index (κ3) is 4.48. The van der Waals surface area contributed by atoms with Gasteiger partial charge in [-0.1, -0.05) is 12.1 Å². The van der Waals surface area contributed by atoms with Crippen LogP contribution in [0, 0.1) is 6.92 Å². The first-order valence-corrected chi connectivity index (χ1v) is 9.60. The van der Waals surface area contributed by atoms with Gasteiger partial charge in [0.1, 0.15) is 6.54 Å². The molecule has 8 nitrogen and oxygen atoms in total. The summed E-state index contributed by atoms with van der Waals surface area (Å²) in [5.41, 5.74) is 2.72. The molecule has 0 bridgehead atoms. The maximum absolute atomic E-state index is 12.2. The molecule has 3 aromatic rings. The lowest BCUT2D eigenvalue weighted by Crippen LogP contribution is -2.27. The Bertz CT molecular complexity index is 1050. The molecular formula is C21H22N6O2. The first-order chi connectivity index (χ1) is 14.1. The molecular weight excluding hydrogens is 368 g/mol. The van der Waals surface area contributed by atoms with Crippen LogP contribution in [-0.4, -0.2) is 38.7 Å². The zero-order valence-corrected chi connectivity index (χ0v) is 16.2. The van der Waals surface area contributed by atoms with Crippen LogP contribution in [0.25, 0.3) is 11.3 Å². The van der Waals surface area contributed by atoms with E-state index in [-0.39, 0.29) is 18.0 Å². The Labute approximate surface area is 168 Å².